The maximum Gasteiger partial charge on any atom is 0.131 e. The van der Waals surface area contributed by atoms with E-state index in [1.54, 1.807) is 12.1 Å². The first-order valence-corrected chi connectivity index (χ1v) is 7.91. The summed E-state index contributed by atoms with van der Waals surface area (Å²) in [7, 11) is 0. The smallest absolute Gasteiger partial charge is 0.131 e. The molecule has 0 bridgehead atoms. The van der Waals surface area contributed by atoms with Gasteiger partial charge in [0.15, 0.2) is 0 Å². The lowest BCUT2D eigenvalue weighted by Gasteiger charge is -2.11. The van der Waals surface area contributed by atoms with Gasteiger partial charge >= 0.3 is 0 Å². The molecule has 0 saturated heterocycles. The van der Waals surface area contributed by atoms with E-state index in [9.17, 15) is 4.39 Å². The highest BCUT2D eigenvalue weighted by molar-refractivity contribution is 6.31. The highest BCUT2D eigenvalue weighted by Crippen LogP contribution is 2.32. The van der Waals surface area contributed by atoms with Crippen molar-refractivity contribution in [2.45, 2.75) is 26.2 Å². The van der Waals surface area contributed by atoms with Gasteiger partial charge in [0.1, 0.15) is 5.82 Å². The van der Waals surface area contributed by atoms with Crippen molar-refractivity contribution in [2.75, 3.05) is 0 Å². The number of halogens is 2. The fourth-order valence-corrected chi connectivity index (χ4v) is 2.81. The molecule has 0 spiro atoms. The van der Waals surface area contributed by atoms with Crippen molar-refractivity contribution in [1.82, 2.24) is 4.98 Å². The first kappa shape index (κ1) is 15.0. The number of aryl methyl sites for hydroxylation is 1. The van der Waals surface area contributed by atoms with Crippen molar-refractivity contribution < 1.29 is 4.39 Å². The minimum atomic E-state index is -0.226. The third kappa shape index (κ3) is 2.97. The van der Waals surface area contributed by atoms with Gasteiger partial charge in [0, 0.05) is 21.7 Å². The summed E-state index contributed by atoms with van der Waals surface area (Å²) in [6.45, 7) is 2.15. The first-order chi connectivity index (χ1) is 10.7. The molecule has 2 aromatic carbocycles. The lowest BCUT2D eigenvalue weighted by Crippen LogP contribution is -1.95. The minimum Gasteiger partial charge on any atom is -0.253 e. The van der Waals surface area contributed by atoms with E-state index in [0.717, 1.165) is 41.4 Å². The van der Waals surface area contributed by atoms with Gasteiger partial charge in [-0.15, -0.1) is 0 Å². The Kier molecular flexibility index (Phi) is 4.39. The van der Waals surface area contributed by atoms with E-state index in [2.05, 4.69) is 11.9 Å². The largest absolute Gasteiger partial charge is 0.253 e. The van der Waals surface area contributed by atoms with E-state index >= 15 is 0 Å². The summed E-state index contributed by atoms with van der Waals surface area (Å²) < 4.78 is 14.2. The van der Waals surface area contributed by atoms with Gasteiger partial charge in [-0.3, -0.25) is 4.98 Å². The average Bonchev–Trinajstić information content (AvgIpc) is 2.53. The maximum atomic E-state index is 14.2. The molecule has 0 fully saturated rings. The van der Waals surface area contributed by atoms with E-state index in [1.807, 2.05) is 30.3 Å². The molecule has 1 heterocycles. The van der Waals surface area contributed by atoms with Gasteiger partial charge < -0.3 is 0 Å². The normalized spacial score (nSPS) is 11.0. The number of fused-ring (bicyclic) bond motifs is 1. The molecule has 3 aromatic rings. The van der Waals surface area contributed by atoms with Crippen LogP contribution in [0, 0.1) is 5.82 Å². The molecular formula is C19H17ClFN. The SMILES string of the molecule is CCCCc1cc(-c2ccccc2F)c2cc(Cl)ccc2n1. The van der Waals surface area contributed by atoms with Crippen molar-refractivity contribution in [2.24, 2.45) is 0 Å². The highest BCUT2D eigenvalue weighted by atomic mass is 35.5. The summed E-state index contributed by atoms with van der Waals surface area (Å²) in [6, 6.07) is 14.4. The van der Waals surface area contributed by atoms with Crippen LogP contribution in [0.1, 0.15) is 25.5 Å². The molecule has 0 aliphatic heterocycles. The van der Waals surface area contributed by atoms with Crippen molar-refractivity contribution in [1.29, 1.82) is 0 Å². The zero-order valence-corrected chi connectivity index (χ0v) is 13.2. The number of nitrogens with zero attached hydrogens (tertiary/aromatic N) is 1. The molecule has 0 atom stereocenters. The minimum absolute atomic E-state index is 0.226. The van der Waals surface area contributed by atoms with Crippen LogP contribution in [0.5, 0.6) is 0 Å². The fraction of sp³-hybridized carbons (Fsp3) is 0.211. The summed E-state index contributed by atoms with van der Waals surface area (Å²) in [5.41, 5.74) is 3.30. The topological polar surface area (TPSA) is 12.9 Å². The molecule has 0 unspecified atom stereocenters. The van der Waals surface area contributed by atoms with Crippen LogP contribution in [0.25, 0.3) is 22.0 Å². The molecule has 22 heavy (non-hydrogen) atoms. The highest BCUT2D eigenvalue weighted by Gasteiger charge is 2.11. The van der Waals surface area contributed by atoms with Crippen LogP contribution < -0.4 is 0 Å². The maximum absolute atomic E-state index is 14.2. The van der Waals surface area contributed by atoms with Crippen molar-refractivity contribution >= 4 is 22.5 Å². The lowest BCUT2D eigenvalue weighted by molar-refractivity contribution is 0.631. The summed E-state index contributed by atoms with van der Waals surface area (Å²) in [6.07, 6.45) is 3.08. The summed E-state index contributed by atoms with van der Waals surface area (Å²) >= 11 is 6.12. The predicted molar refractivity (Wildman–Crippen MR) is 90.8 cm³/mol. The third-order valence-electron chi connectivity index (χ3n) is 3.77. The van der Waals surface area contributed by atoms with Gasteiger partial charge in [-0.05, 0) is 48.7 Å². The molecule has 0 N–H and O–H groups in total. The molecule has 112 valence electrons. The number of rotatable bonds is 4. The molecule has 0 saturated carbocycles. The Bertz CT molecular complexity index is 814. The van der Waals surface area contributed by atoms with E-state index < -0.39 is 0 Å². The van der Waals surface area contributed by atoms with Gasteiger partial charge in [-0.2, -0.15) is 0 Å². The van der Waals surface area contributed by atoms with E-state index in [-0.39, 0.29) is 5.82 Å². The number of hydrogen-bond acceptors (Lipinski definition) is 1. The summed E-state index contributed by atoms with van der Waals surface area (Å²) in [5, 5.41) is 1.52. The standard InChI is InChI=1S/C19H17ClFN/c1-2-3-6-14-12-16(15-7-4-5-8-18(15)21)17-11-13(20)9-10-19(17)22-14/h4-5,7-12H,2-3,6H2,1H3. The second-order valence-electron chi connectivity index (χ2n) is 5.41. The molecule has 0 aliphatic rings. The Morgan fingerprint density at radius 2 is 1.86 bits per heavy atom. The quantitative estimate of drug-likeness (QED) is 0.572. The van der Waals surface area contributed by atoms with E-state index in [4.69, 9.17) is 11.6 Å². The Balaban J connectivity index is 2.25. The van der Waals surface area contributed by atoms with Crippen LogP contribution in [0.3, 0.4) is 0 Å². The second kappa shape index (κ2) is 6.45. The predicted octanol–water partition coefficient (Wildman–Crippen LogP) is 6.04. The van der Waals surface area contributed by atoms with E-state index in [1.165, 1.54) is 6.07 Å². The van der Waals surface area contributed by atoms with Crippen LogP contribution in [0.2, 0.25) is 5.02 Å². The Hall–Kier alpha value is -1.93. The Morgan fingerprint density at radius 1 is 1.05 bits per heavy atom. The van der Waals surface area contributed by atoms with Crippen LogP contribution >= 0.6 is 11.6 Å². The Labute approximate surface area is 134 Å². The molecule has 0 aliphatic carbocycles. The van der Waals surface area contributed by atoms with Gasteiger partial charge in [0.05, 0.1) is 5.52 Å². The Morgan fingerprint density at radius 3 is 2.64 bits per heavy atom. The fourth-order valence-electron chi connectivity index (χ4n) is 2.64. The van der Waals surface area contributed by atoms with Crippen LogP contribution in [0.4, 0.5) is 4.39 Å². The van der Waals surface area contributed by atoms with Gasteiger partial charge in [-0.1, -0.05) is 43.1 Å². The van der Waals surface area contributed by atoms with Gasteiger partial charge in [0.25, 0.3) is 0 Å². The monoisotopic (exact) mass is 313 g/mol. The van der Waals surface area contributed by atoms with Crippen molar-refractivity contribution in [3.8, 4) is 11.1 Å². The number of hydrogen-bond donors (Lipinski definition) is 0. The lowest BCUT2D eigenvalue weighted by atomic mass is 9.98. The number of benzene rings is 2. The van der Waals surface area contributed by atoms with Gasteiger partial charge in [0.2, 0.25) is 0 Å². The molecule has 1 aromatic heterocycles. The molecule has 1 nitrogen and oxygen atoms in total. The van der Waals surface area contributed by atoms with Crippen LogP contribution in [-0.4, -0.2) is 4.98 Å². The average molecular weight is 314 g/mol. The van der Waals surface area contributed by atoms with Crippen molar-refractivity contribution in [3.63, 3.8) is 0 Å². The second-order valence-corrected chi connectivity index (χ2v) is 5.84. The molecule has 3 rings (SSSR count). The molecule has 3 heteroatoms. The van der Waals surface area contributed by atoms with Gasteiger partial charge in [-0.25, -0.2) is 4.39 Å². The first-order valence-electron chi connectivity index (χ1n) is 7.53. The molecule has 0 amide bonds. The molecular weight excluding hydrogens is 297 g/mol. The number of pyridine rings is 1. The number of unbranched alkanes of at least 4 members (excludes halogenated alkanes) is 1. The van der Waals surface area contributed by atoms with E-state index in [0.29, 0.717) is 10.6 Å². The third-order valence-corrected chi connectivity index (χ3v) is 4.01. The van der Waals surface area contributed by atoms with Crippen LogP contribution in [-0.2, 0) is 6.42 Å². The summed E-state index contributed by atoms with van der Waals surface area (Å²) in [4.78, 5) is 4.69. The zero-order chi connectivity index (χ0) is 15.5. The number of aromatic nitrogens is 1. The zero-order valence-electron chi connectivity index (χ0n) is 12.4. The molecule has 0 radical (unpaired) electrons. The van der Waals surface area contributed by atoms with Crippen molar-refractivity contribution in [3.05, 3.63) is 65.1 Å². The summed E-state index contributed by atoms with van der Waals surface area (Å²) in [5.74, 6) is -0.226. The van der Waals surface area contributed by atoms with Crippen LogP contribution in [0.15, 0.2) is 48.5 Å².